The predicted molar refractivity (Wildman–Crippen MR) is 114 cm³/mol. The lowest BCUT2D eigenvalue weighted by molar-refractivity contribution is -0.207. The molecule has 30 heavy (non-hydrogen) atoms. The van der Waals surface area contributed by atoms with E-state index >= 15 is 0 Å². The summed E-state index contributed by atoms with van der Waals surface area (Å²) >= 11 is 0. The number of carbonyl (C=O) groups is 1. The highest BCUT2D eigenvalue weighted by molar-refractivity contribution is 5.69. The number of fused-ring (bicyclic) bond motifs is 5. The van der Waals surface area contributed by atoms with Gasteiger partial charge in [-0.1, -0.05) is 20.8 Å². The van der Waals surface area contributed by atoms with Crippen LogP contribution in [0.4, 0.5) is 0 Å². The zero-order valence-electron chi connectivity index (χ0n) is 19.2. The van der Waals surface area contributed by atoms with E-state index in [1.807, 2.05) is 0 Å². The summed E-state index contributed by atoms with van der Waals surface area (Å²) in [6, 6.07) is 0. The van der Waals surface area contributed by atoms with Crippen molar-refractivity contribution in [3.63, 3.8) is 0 Å². The lowest BCUT2D eigenvalue weighted by Gasteiger charge is -2.63. The lowest BCUT2D eigenvalue weighted by atomic mass is 9.43. The Hall–Kier alpha value is -0.650. The van der Waals surface area contributed by atoms with Gasteiger partial charge in [0, 0.05) is 6.42 Å². The van der Waals surface area contributed by atoms with E-state index < -0.39 is 0 Å². The number of aliphatic hydroxyl groups excluding tert-OH is 3. The van der Waals surface area contributed by atoms with Gasteiger partial charge in [0.25, 0.3) is 0 Å². The van der Waals surface area contributed by atoms with Crippen LogP contribution in [0.25, 0.3) is 0 Å². The predicted octanol–water partition coefficient (Wildman–Crippen LogP) is 3.54. The molecule has 0 bridgehead atoms. The van der Waals surface area contributed by atoms with E-state index in [9.17, 15) is 20.1 Å². The van der Waals surface area contributed by atoms with Crippen LogP contribution in [-0.2, 0) is 9.53 Å². The number of hydrogen-bond acceptors (Lipinski definition) is 5. The Kier molecular flexibility index (Phi) is 6.04. The van der Waals surface area contributed by atoms with Crippen LogP contribution in [-0.4, -0.2) is 46.7 Å². The van der Waals surface area contributed by atoms with Crippen LogP contribution in [0.3, 0.4) is 0 Å². The fraction of sp³-hybridized carbons (Fsp3) is 0.960. The number of esters is 1. The van der Waals surface area contributed by atoms with E-state index in [0.29, 0.717) is 36.0 Å². The van der Waals surface area contributed by atoms with Gasteiger partial charge in [-0.05, 0) is 97.7 Å². The molecule has 4 aliphatic carbocycles. The van der Waals surface area contributed by atoms with Gasteiger partial charge in [0.1, 0.15) is 0 Å². The second-order valence-electron chi connectivity index (χ2n) is 11.6. The number of carbonyl (C=O) groups excluding carboxylic acids is 1. The second kappa shape index (κ2) is 8.04. The maximum absolute atomic E-state index is 11.7. The zero-order valence-corrected chi connectivity index (χ0v) is 19.2. The van der Waals surface area contributed by atoms with Gasteiger partial charge in [0.15, 0.2) is 0 Å². The summed E-state index contributed by atoms with van der Waals surface area (Å²) < 4.78 is 4.83. The minimum absolute atomic E-state index is 0.111. The Balaban J connectivity index is 1.58. The van der Waals surface area contributed by atoms with E-state index in [0.717, 1.165) is 51.4 Å². The van der Waals surface area contributed by atoms with E-state index in [1.165, 1.54) is 7.11 Å². The van der Waals surface area contributed by atoms with Gasteiger partial charge in [0.05, 0.1) is 25.4 Å². The minimum atomic E-state index is -0.369. The van der Waals surface area contributed by atoms with Crippen LogP contribution < -0.4 is 0 Å². The zero-order chi connectivity index (χ0) is 21.8. The third kappa shape index (κ3) is 3.34. The van der Waals surface area contributed by atoms with Crippen molar-refractivity contribution in [1.82, 2.24) is 0 Å². The molecule has 0 spiro atoms. The van der Waals surface area contributed by atoms with Crippen LogP contribution in [0, 0.1) is 46.3 Å². The monoisotopic (exact) mass is 422 g/mol. The molecule has 0 heterocycles. The first-order chi connectivity index (χ1) is 14.1. The molecule has 0 unspecified atom stereocenters. The summed E-state index contributed by atoms with van der Waals surface area (Å²) in [5.41, 5.74) is -0.0882. The molecule has 0 amide bonds. The molecule has 0 aliphatic heterocycles. The van der Waals surface area contributed by atoms with Crippen LogP contribution in [0.2, 0.25) is 0 Å². The first-order valence-electron chi connectivity index (χ1n) is 12.2. The van der Waals surface area contributed by atoms with Gasteiger partial charge in [-0.15, -0.1) is 0 Å². The molecule has 5 heteroatoms. The Bertz CT molecular complexity index is 651. The standard InChI is InChI=1S/C25H42O5/c1-14(5-8-22(29)30-4)17-6-7-18-23-19(13-21(28)25(17,18)3)24(2)10-9-16(26)11-15(24)12-20(23)27/h14-21,23,26-28H,5-13H2,1-4H3/t14-,15+,16-,17-,18+,19+,20+,21+,23+,24+,25-/m1/s1. The molecule has 172 valence electrons. The largest absolute Gasteiger partial charge is 0.469 e. The van der Waals surface area contributed by atoms with Crippen LogP contribution >= 0.6 is 0 Å². The fourth-order valence-electron chi connectivity index (χ4n) is 8.78. The van der Waals surface area contributed by atoms with Crippen molar-refractivity contribution in [2.24, 2.45) is 46.3 Å². The molecule has 4 fully saturated rings. The Morgan fingerprint density at radius 2 is 1.80 bits per heavy atom. The minimum Gasteiger partial charge on any atom is -0.469 e. The number of rotatable bonds is 4. The number of aliphatic hydroxyl groups is 3. The maximum Gasteiger partial charge on any atom is 0.305 e. The molecule has 0 aromatic carbocycles. The third-order valence-corrected chi connectivity index (χ3v) is 10.6. The summed E-state index contributed by atoms with van der Waals surface area (Å²) in [7, 11) is 1.44. The number of hydrogen-bond donors (Lipinski definition) is 3. The molecule has 0 aromatic rings. The van der Waals surface area contributed by atoms with E-state index in [2.05, 4.69) is 20.8 Å². The van der Waals surface area contributed by atoms with E-state index in [-0.39, 0.29) is 41.0 Å². The van der Waals surface area contributed by atoms with Crippen molar-refractivity contribution >= 4 is 5.97 Å². The average Bonchev–Trinajstić information content (AvgIpc) is 3.06. The van der Waals surface area contributed by atoms with Gasteiger partial charge >= 0.3 is 5.97 Å². The SMILES string of the molecule is COC(=O)CC[C@@H](C)[C@H]1CC[C@H]2[C@@H]3[C@@H](O)C[C@@H]4C[C@H](O)CC[C@]4(C)[C@H]3C[C@H](O)[C@]12C. The smallest absolute Gasteiger partial charge is 0.305 e. The normalized spacial score (nSPS) is 51.4. The Labute approximate surface area is 181 Å². The van der Waals surface area contributed by atoms with Crippen molar-refractivity contribution in [2.45, 2.75) is 96.9 Å². The molecule has 4 saturated carbocycles. The first kappa shape index (κ1) is 22.5. The Morgan fingerprint density at radius 3 is 2.50 bits per heavy atom. The number of methoxy groups -OCH3 is 1. The van der Waals surface area contributed by atoms with Crippen LogP contribution in [0.5, 0.6) is 0 Å². The molecular weight excluding hydrogens is 380 g/mol. The molecule has 3 N–H and O–H groups in total. The van der Waals surface area contributed by atoms with Crippen molar-refractivity contribution in [1.29, 1.82) is 0 Å². The first-order valence-corrected chi connectivity index (χ1v) is 12.2. The topological polar surface area (TPSA) is 87.0 Å². The van der Waals surface area contributed by atoms with Crippen LogP contribution in [0.15, 0.2) is 0 Å². The third-order valence-electron chi connectivity index (χ3n) is 10.6. The summed E-state index contributed by atoms with van der Waals surface area (Å²) in [6.07, 6.45) is 6.60. The molecular formula is C25H42O5. The molecule has 5 nitrogen and oxygen atoms in total. The molecule has 0 saturated heterocycles. The second-order valence-corrected chi connectivity index (χ2v) is 11.6. The van der Waals surface area contributed by atoms with Gasteiger partial charge < -0.3 is 20.1 Å². The van der Waals surface area contributed by atoms with Gasteiger partial charge in [0.2, 0.25) is 0 Å². The quantitative estimate of drug-likeness (QED) is 0.603. The summed E-state index contributed by atoms with van der Waals surface area (Å²) in [6.45, 7) is 6.85. The van der Waals surface area contributed by atoms with Gasteiger partial charge in [-0.25, -0.2) is 0 Å². The lowest BCUT2D eigenvalue weighted by Crippen LogP contribution is -2.62. The average molecular weight is 423 g/mol. The fourth-order valence-corrected chi connectivity index (χ4v) is 8.78. The van der Waals surface area contributed by atoms with Gasteiger partial charge in [-0.2, -0.15) is 0 Å². The molecule has 4 aliphatic rings. The van der Waals surface area contributed by atoms with Crippen LogP contribution in [0.1, 0.15) is 78.6 Å². The molecule has 11 atom stereocenters. The van der Waals surface area contributed by atoms with Crippen molar-refractivity contribution in [3.8, 4) is 0 Å². The van der Waals surface area contributed by atoms with E-state index in [4.69, 9.17) is 4.74 Å². The van der Waals surface area contributed by atoms with Crippen molar-refractivity contribution in [2.75, 3.05) is 7.11 Å². The number of ether oxygens (including phenoxy) is 1. The maximum atomic E-state index is 11.7. The van der Waals surface area contributed by atoms with Crippen molar-refractivity contribution in [3.05, 3.63) is 0 Å². The summed E-state index contributed by atoms with van der Waals surface area (Å²) in [5.74, 6) is 1.81. The van der Waals surface area contributed by atoms with E-state index in [1.54, 1.807) is 0 Å². The molecule has 0 radical (unpaired) electrons. The van der Waals surface area contributed by atoms with Gasteiger partial charge in [-0.3, -0.25) is 4.79 Å². The summed E-state index contributed by atoms with van der Waals surface area (Å²) in [4.78, 5) is 11.7. The Morgan fingerprint density at radius 1 is 1.07 bits per heavy atom. The highest BCUT2D eigenvalue weighted by Crippen LogP contribution is 2.68. The highest BCUT2D eigenvalue weighted by atomic mass is 16.5. The van der Waals surface area contributed by atoms with Crippen molar-refractivity contribution < 1.29 is 24.9 Å². The molecule has 4 rings (SSSR count). The molecule has 0 aromatic heterocycles. The summed E-state index contributed by atoms with van der Waals surface area (Å²) in [5, 5.41) is 33.1. The highest BCUT2D eigenvalue weighted by Gasteiger charge is 2.65.